The maximum Gasteiger partial charge on any atom is 0.122 e. The van der Waals surface area contributed by atoms with Crippen LogP contribution in [0.2, 0.25) is 10.0 Å². The Morgan fingerprint density at radius 3 is 2.35 bits per heavy atom. The molecule has 4 rings (SSSR count). The Morgan fingerprint density at radius 1 is 1.00 bits per heavy atom. The fourth-order valence-electron chi connectivity index (χ4n) is 5.08. The quantitative estimate of drug-likeness (QED) is 0.606. The highest BCUT2D eigenvalue weighted by molar-refractivity contribution is 6.42. The number of ether oxygens (including phenoxy) is 1. The number of nitrogens with one attached hydrogen (secondary N) is 1. The van der Waals surface area contributed by atoms with Gasteiger partial charge in [0.2, 0.25) is 0 Å². The first-order valence-electron chi connectivity index (χ1n) is 11.3. The average Bonchev–Trinajstić information content (AvgIpc) is 2.80. The third kappa shape index (κ3) is 5.20. The van der Waals surface area contributed by atoms with Gasteiger partial charge in [0.05, 0.1) is 22.8 Å². The molecule has 6 heteroatoms. The number of halogens is 2. The molecule has 2 aliphatic rings. The molecule has 0 bridgehead atoms. The third-order valence-corrected chi connectivity index (χ3v) is 7.62. The molecular formula is C25H32Cl2N2O2. The van der Waals surface area contributed by atoms with Gasteiger partial charge in [-0.3, -0.25) is 0 Å². The molecule has 31 heavy (non-hydrogen) atoms. The maximum absolute atomic E-state index is 11.8. The van der Waals surface area contributed by atoms with Crippen molar-refractivity contribution in [3.05, 3.63) is 52.0 Å². The van der Waals surface area contributed by atoms with E-state index in [0.717, 1.165) is 80.8 Å². The molecule has 1 unspecified atom stereocenters. The Labute approximate surface area is 195 Å². The van der Waals surface area contributed by atoms with E-state index in [-0.39, 0.29) is 5.92 Å². The second kappa shape index (κ2) is 10.1. The van der Waals surface area contributed by atoms with Crippen LogP contribution >= 0.6 is 23.2 Å². The zero-order valence-electron chi connectivity index (χ0n) is 18.2. The van der Waals surface area contributed by atoms with Crippen molar-refractivity contribution in [2.24, 2.45) is 0 Å². The fourth-order valence-corrected chi connectivity index (χ4v) is 5.38. The Morgan fingerprint density at radius 2 is 1.68 bits per heavy atom. The minimum absolute atomic E-state index is 0.0106. The van der Waals surface area contributed by atoms with E-state index in [1.807, 2.05) is 24.3 Å². The number of benzene rings is 2. The Balaban J connectivity index is 1.75. The van der Waals surface area contributed by atoms with Gasteiger partial charge in [0.25, 0.3) is 0 Å². The molecule has 0 radical (unpaired) electrons. The molecule has 1 heterocycles. The van der Waals surface area contributed by atoms with Crippen LogP contribution < -0.4 is 10.1 Å². The summed E-state index contributed by atoms with van der Waals surface area (Å²) in [6.07, 6.45) is 5.02. The second-order valence-corrected chi connectivity index (χ2v) is 9.67. The number of methoxy groups -OCH3 is 1. The predicted octanol–water partition coefficient (Wildman–Crippen LogP) is 5.35. The van der Waals surface area contributed by atoms with Gasteiger partial charge in [-0.15, -0.1) is 0 Å². The first-order valence-corrected chi connectivity index (χ1v) is 12.0. The van der Waals surface area contributed by atoms with Crippen LogP contribution in [0, 0.1) is 0 Å². The van der Waals surface area contributed by atoms with E-state index in [1.54, 1.807) is 7.11 Å². The van der Waals surface area contributed by atoms with Crippen LogP contribution in [0.25, 0.3) is 11.1 Å². The molecule has 2 N–H and O–H groups in total. The van der Waals surface area contributed by atoms with E-state index in [9.17, 15) is 5.11 Å². The van der Waals surface area contributed by atoms with Gasteiger partial charge in [-0.25, -0.2) is 0 Å². The van der Waals surface area contributed by atoms with E-state index in [1.165, 1.54) is 6.42 Å². The largest absolute Gasteiger partial charge is 0.496 e. The number of hydrogen-bond donors (Lipinski definition) is 2. The van der Waals surface area contributed by atoms with Crippen molar-refractivity contribution in [2.75, 3.05) is 39.8 Å². The van der Waals surface area contributed by atoms with Crippen molar-refractivity contribution >= 4 is 23.2 Å². The summed E-state index contributed by atoms with van der Waals surface area (Å²) in [4.78, 5) is 2.47. The lowest BCUT2D eigenvalue weighted by atomic mass is 9.72. The van der Waals surface area contributed by atoms with Gasteiger partial charge in [-0.1, -0.05) is 54.6 Å². The highest BCUT2D eigenvalue weighted by Crippen LogP contribution is 2.44. The van der Waals surface area contributed by atoms with Crippen molar-refractivity contribution in [3.8, 4) is 16.9 Å². The average molecular weight is 463 g/mol. The van der Waals surface area contributed by atoms with E-state index in [4.69, 9.17) is 27.9 Å². The number of aliphatic hydroxyl groups is 1. The van der Waals surface area contributed by atoms with Crippen LogP contribution in [0.3, 0.4) is 0 Å². The molecule has 1 atom stereocenters. The minimum atomic E-state index is -0.716. The van der Waals surface area contributed by atoms with Crippen molar-refractivity contribution in [1.29, 1.82) is 0 Å². The van der Waals surface area contributed by atoms with Crippen molar-refractivity contribution in [1.82, 2.24) is 10.2 Å². The van der Waals surface area contributed by atoms with Gasteiger partial charge in [0, 0.05) is 44.2 Å². The lowest BCUT2D eigenvalue weighted by Crippen LogP contribution is -2.49. The summed E-state index contributed by atoms with van der Waals surface area (Å²) in [5.74, 6) is 0.825. The molecule has 168 valence electrons. The zero-order chi connectivity index (χ0) is 21.8. The molecule has 1 saturated carbocycles. The van der Waals surface area contributed by atoms with Crippen LogP contribution in [0.5, 0.6) is 5.75 Å². The van der Waals surface area contributed by atoms with E-state index < -0.39 is 5.60 Å². The molecule has 0 spiro atoms. The summed E-state index contributed by atoms with van der Waals surface area (Å²) < 4.78 is 5.80. The topological polar surface area (TPSA) is 44.7 Å². The SMILES string of the molecule is COc1ccc(-c2ccc(Cl)c(Cl)c2)cc1C(CN1CCNCC1)C1(O)CCCCC1. The van der Waals surface area contributed by atoms with Gasteiger partial charge in [-0.2, -0.15) is 0 Å². The zero-order valence-corrected chi connectivity index (χ0v) is 19.7. The van der Waals surface area contributed by atoms with E-state index in [2.05, 4.69) is 22.3 Å². The monoisotopic (exact) mass is 462 g/mol. The molecule has 2 aromatic rings. The second-order valence-electron chi connectivity index (χ2n) is 8.85. The van der Waals surface area contributed by atoms with Crippen LogP contribution in [-0.2, 0) is 0 Å². The predicted molar refractivity (Wildman–Crippen MR) is 129 cm³/mol. The van der Waals surface area contributed by atoms with Gasteiger partial charge in [-0.05, 0) is 48.2 Å². The molecule has 2 fully saturated rings. The molecule has 4 nitrogen and oxygen atoms in total. The number of rotatable bonds is 6. The summed E-state index contributed by atoms with van der Waals surface area (Å²) in [6.45, 7) is 4.82. The first-order chi connectivity index (χ1) is 15.0. The lowest BCUT2D eigenvalue weighted by molar-refractivity contribution is -0.0322. The fraction of sp³-hybridized carbons (Fsp3) is 0.520. The molecule has 2 aromatic carbocycles. The highest BCUT2D eigenvalue weighted by atomic mass is 35.5. The minimum Gasteiger partial charge on any atom is -0.496 e. The summed E-state index contributed by atoms with van der Waals surface area (Å²) in [5.41, 5.74) is 2.43. The normalized spacial score (nSPS) is 20.4. The smallest absolute Gasteiger partial charge is 0.122 e. The first kappa shape index (κ1) is 22.9. The van der Waals surface area contributed by atoms with Crippen molar-refractivity contribution in [2.45, 2.75) is 43.6 Å². The Hall–Kier alpha value is -1.30. The number of hydrogen-bond acceptors (Lipinski definition) is 4. The number of nitrogens with zero attached hydrogens (tertiary/aromatic N) is 1. The van der Waals surface area contributed by atoms with Crippen LogP contribution in [0.15, 0.2) is 36.4 Å². The Bertz CT molecular complexity index is 893. The molecule has 0 aromatic heterocycles. The molecule has 1 aliphatic heterocycles. The summed E-state index contributed by atoms with van der Waals surface area (Å²) in [7, 11) is 1.71. The van der Waals surface area contributed by atoms with E-state index in [0.29, 0.717) is 10.0 Å². The summed E-state index contributed by atoms with van der Waals surface area (Å²) >= 11 is 12.4. The van der Waals surface area contributed by atoms with Crippen LogP contribution in [0.4, 0.5) is 0 Å². The standard InChI is InChI=1S/C25H32Cl2N2O2/c1-31-24-8-6-18(19-5-7-22(26)23(27)16-19)15-20(24)21(17-29-13-11-28-12-14-29)25(30)9-3-2-4-10-25/h5-8,15-16,21,28,30H,2-4,9-14,17H2,1H3. The highest BCUT2D eigenvalue weighted by Gasteiger charge is 2.41. The Kier molecular flexibility index (Phi) is 7.45. The van der Waals surface area contributed by atoms with E-state index >= 15 is 0 Å². The van der Waals surface area contributed by atoms with Gasteiger partial charge in [0.1, 0.15) is 5.75 Å². The van der Waals surface area contributed by atoms with Gasteiger partial charge >= 0.3 is 0 Å². The maximum atomic E-state index is 11.8. The number of piperazine rings is 1. The van der Waals surface area contributed by atoms with Crippen molar-refractivity contribution < 1.29 is 9.84 Å². The molecular weight excluding hydrogens is 431 g/mol. The van der Waals surface area contributed by atoms with Crippen LogP contribution in [-0.4, -0.2) is 55.4 Å². The molecule has 1 saturated heterocycles. The summed E-state index contributed by atoms with van der Waals surface area (Å²) in [6, 6.07) is 12.0. The molecule has 1 aliphatic carbocycles. The van der Waals surface area contributed by atoms with Gasteiger partial charge in [0.15, 0.2) is 0 Å². The van der Waals surface area contributed by atoms with Gasteiger partial charge < -0.3 is 20.1 Å². The lowest BCUT2D eigenvalue weighted by Gasteiger charge is -2.43. The van der Waals surface area contributed by atoms with Crippen LogP contribution in [0.1, 0.15) is 43.6 Å². The summed E-state index contributed by atoms with van der Waals surface area (Å²) in [5, 5.41) is 16.4. The molecule has 0 amide bonds. The van der Waals surface area contributed by atoms with Crippen molar-refractivity contribution in [3.63, 3.8) is 0 Å². The third-order valence-electron chi connectivity index (χ3n) is 6.88.